The van der Waals surface area contributed by atoms with E-state index in [1.807, 2.05) is 45.3 Å². The summed E-state index contributed by atoms with van der Waals surface area (Å²) in [5.74, 6) is 1.86. The summed E-state index contributed by atoms with van der Waals surface area (Å²) in [6.07, 6.45) is 3.29. The Balaban J connectivity index is 2.20. The number of hydrogen-bond acceptors (Lipinski definition) is 7. The van der Waals surface area contributed by atoms with E-state index >= 15 is 0 Å². The molecular formula is C24H36N6O2S. The molecule has 0 aliphatic heterocycles. The van der Waals surface area contributed by atoms with Gasteiger partial charge in [0.15, 0.2) is 11.0 Å². The zero-order valence-electron chi connectivity index (χ0n) is 20.5. The lowest BCUT2D eigenvalue weighted by atomic mass is 10.2. The molecule has 1 amide bonds. The number of thioether (sulfide) groups is 1. The Morgan fingerprint density at radius 1 is 1.21 bits per heavy atom. The van der Waals surface area contributed by atoms with Crippen LogP contribution in [-0.4, -0.2) is 58.6 Å². The third-order valence-corrected chi connectivity index (χ3v) is 6.27. The van der Waals surface area contributed by atoms with Crippen molar-refractivity contribution in [1.29, 1.82) is 5.26 Å². The third-order valence-electron chi connectivity index (χ3n) is 5.32. The van der Waals surface area contributed by atoms with Crippen LogP contribution in [0.5, 0.6) is 5.75 Å². The van der Waals surface area contributed by atoms with E-state index in [0.717, 1.165) is 48.2 Å². The van der Waals surface area contributed by atoms with Gasteiger partial charge in [-0.05, 0) is 58.1 Å². The van der Waals surface area contributed by atoms with Crippen LogP contribution in [-0.2, 0) is 11.3 Å². The van der Waals surface area contributed by atoms with E-state index in [4.69, 9.17) is 10.00 Å². The van der Waals surface area contributed by atoms with Gasteiger partial charge in [-0.1, -0.05) is 32.0 Å². The number of unbranched alkanes of at least 4 members (excludes halogenated alkanes) is 1. The van der Waals surface area contributed by atoms with Crippen LogP contribution in [0.1, 0.15) is 58.3 Å². The molecule has 0 unspecified atom stereocenters. The van der Waals surface area contributed by atoms with Gasteiger partial charge in [-0.3, -0.25) is 9.69 Å². The van der Waals surface area contributed by atoms with Crippen molar-refractivity contribution in [2.24, 2.45) is 0 Å². The molecule has 33 heavy (non-hydrogen) atoms. The van der Waals surface area contributed by atoms with Crippen LogP contribution < -0.4 is 9.64 Å². The van der Waals surface area contributed by atoms with Crippen LogP contribution in [0.2, 0.25) is 0 Å². The number of amides is 1. The molecule has 9 heteroatoms. The fraction of sp³-hybridized carbons (Fsp3) is 0.583. The molecule has 0 N–H and O–H groups in total. The number of anilines is 1. The zero-order chi connectivity index (χ0) is 24.2. The highest BCUT2D eigenvalue weighted by Gasteiger charge is 2.23. The van der Waals surface area contributed by atoms with Crippen LogP contribution in [0.4, 0.5) is 5.69 Å². The molecule has 0 fully saturated rings. The SMILES string of the molecule is CCCCn1c(SCC(=O)N(CCC#N)c2ccc(OCC)cc2)nnc1[C@@H](CC)N(C)C. The Morgan fingerprint density at radius 3 is 2.52 bits per heavy atom. The van der Waals surface area contributed by atoms with Crippen molar-refractivity contribution >= 4 is 23.4 Å². The van der Waals surface area contributed by atoms with Crippen LogP contribution in [0.3, 0.4) is 0 Å². The number of aromatic nitrogens is 3. The third kappa shape index (κ3) is 7.47. The quantitative estimate of drug-likeness (QED) is 0.373. The van der Waals surface area contributed by atoms with Crippen LogP contribution in [0, 0.1) is 11.3 Å². The number of hydrogen-bond donors (Lipinski definition) is 0. The first kappa shape index (κ1) is 26.7. The number of ether oxygens (including phenoxy) is 1. The van der Waals surface area contributed by atoms with Gasteiger partial charge in [0, 0.05) is 18.8 Å². The van der Waals surface area contributed by atoms with Gasteiger partial charge in [-0.2, -0.15) is 5.26 Å². The van der Waals surface area contributed by atoms with Crippen molar-refractivity contribution in [3.05, 3.63) is 30.1 Å². The molecule has 0 radical (unpaired) electrons. The van der Waals surface area contributed by atoms with Gasteiger partial charge < -0.3 is 14.2 Å². The summed E-state index contributed by atoms with van der Waals surface area (Å²) in [6.45, 7) is 7.99. The first-order chi connectivity index (χ1) is 16.0. The minimum absolute atomic E-state index is 0.0642. The second kappa shape index (κ2) is 13.9. The van der Waals surface area contributed by atoms with Gasteiger partial charge in [0.1, 0.15) is 5.75 Å². The molecule has 0 saturated heterocycles. The molecule has 1 aromatic carbocycles. The summed E-state index contributed by atoms with van der Waals surface area (Å²) >= 11 is 1.41. The molecule has 180 valence electrons. The van der Waals surface area contributed by atoms with E-state index in [9.17, 15) is 4.79 Å². The Morgan fingerprint density at radius 2 is 1.94 bits per heavy atom. The summed E-state index contributed by atoms with van der Waals surface area (Å²) in [5, 5.41) is 18.7. The fourth-order valence-corrected chi connectivity index (χ4v) is 4.46. The van der Waals surface area contributed by atoms with Crippen molar-refractivity contribution in [2.75, 3.05) is 37.9 Å². The summed E-state index contributed by atoms with van der Waals surface area (Å²) in [6, 6.07) is 9.72. The Hall–Kier alpha value is -2.57. The normalized spacial score (nSPS) is 11.9. The summed E-state index contributed by atoms with van der Waals surface area (Å²) in [7, 11) is 4.10. The zero-order valence-corrected chi connectivity index (χ0v) is 21.3. The second-order valence-corrected chi connectivity index (χ2v) is 8.85. The Bertz CT molecular complexity index is 907. The van der Waals surface area contributed by atoms with Gasteiger partial charge in [0.05, 0.1) is 30.9 Å². The van der Waals surface area contributed by atoms with E-state index in [0.29, 0.717) is 13.2 Å². The topological polar surface area (TPSA) is 87.3 Å². The second-order valence-electron chi connectivity index (χ2n) is 7.90. The van der Waals surface area contributed by atoms with E-state index in [1.165, 1.54) is 11.8 Å². The largest absolute Gasteiger partial charge is 0.494 e. The average Bonchev–Trinajstić information content (AvgIpc) is 3.20. The maximum absolute atomic E-state index is 13.2. The lowest BCUT2D eigenvalue weighted by Crippen LogP contribution is -2.33. The number of nitrogens with zero attached hydrogens (tertiary/aromatic N) is 6. The summed E-state index contributed by atoms with van der Waals surface area (Å²) < 4.78 is 7.66. The van der Waals surface area contributed by atoms with Crippen LogP contribution >= 0.6 is 11.8 Å². The highest BCUT2D eigenvalue weighted by atomic mass is 32.2. The van der Waals surface area contributed by atoms with Gasteiger partial charge in [-0.15, -0.1) is 10.2 Å². The minimum Gasteiger partial charge on any atom is -0.494 e. The highest BCUT2D eigenvalue weighted by molar-refractivity contribution is 7.99. The molecule has 2 rings (SSSR count). The summed E-state index contributed by atoms with van der Waals surface area (Å²) in [5.41, 5.74) is 0.756. The standard InChI is InChI=1S/C24H36N6O2S/c1-6-9-16-30-23(21(7-2)28(4)5)26-27-24(30)33-18-22(31)29(17-10-15-25)19-11-13-20(14-12-19)32-8-3/h11-14,21H,6-10,16-18H2,1-5H3/t21-/m1/s1. The van der Waals surface area contributed by atoms with E-state index in [1.54, 1.807) is 4.90 Å². The van der Waals surface area contributed by atoms with Gasteiger partial charge in [0.2, 0.25) is 5.91 Å². The molecule has 1 heterocycles. The van der Waals surface area contributed by atoms with E-state index in [2.05, 4.69) is 39.6 Å². The van der Waals surface area contributed by atoms with E-state index < -0.39 is 0 Å². The molecule has 0 saturated carbocycles. The van der Waals surface area contributed by atoms with Crippen LogP contribution in [0.25, 0.3) is 0 Å². The fourth-order valence-electron chi connectivity index (χ4n) is 3.61. The van der Waals surface area contributed by atoms with Crippen molar-refractivity contribution in [3.8, 4) is 11.8 Å². The lowest BCUT2D eigenvalue weighted by molar-refractivity contribution is -0.116. The molecular weight excluding hydrogens is 436 g/mol. The maximum Gasteiger partial charge on any atom is 0.237 e. The predicted molar refractivity (Wildman–Crippen MR) is 133 cm³/mol. The Labute approximate surface area is 201 Å². The minimum atomic E-state index is -0.0642. The van der Waals surface area contributed by atoms with E-state index in [-0.39, 0.29) is 24.1 Å². The molecule has 0 spiro atoms. The lowest BCUT2D eigenvalue weighted by Gasteiger charge is -2.23. The van der Waals surface area contributed by atoms with Crippen LogP contribution in [0.15, 0.2) is 29.4 Å². The molecule has 8 nitrogen and oxygen atoms in total. The first-order valence-corrected chi connectivity index (χ1v) is 12.6. The monoisotopic (exact) mass is 472 g/mol. The van der Waals surface area contributed by atoms with Crippen molar-refractivity contribution < 1.29 is 9.53 Å². The molecule has 2 aromatic rings. The number of carbonyl (C=O) groups is 1. The van der Waals surface area contributed by atoms with Crippen molar-refractivity contribution in [2.45, 2.75) is 64.2 Å². The Kier molecular flexibility index (Phi) is 11.2. The van der Waals surface area contributed by atoms with Crippen molar-refractivity contribution in [1.82, 2.24) is 19.7 Å². The molecule has 1 aromatic heterocycles. The average molecular weight is 473 g/mol. The predicted octanol–water partition coefficient (Wildman–Crippen LogP) is 4.53. The van der Waals surface area contributed by atoms with Gasteiger partial charge in [0.25, 0.3) is 0 Å². The smallest absolute Gasteiger partial charge is 0.237 e. The number of nitriles is 1. The molecule has 0 aliphatic carbocycles. The maximum atomic E-state index is 13.2. The molecule has 0 aliphatic rings. The number of carbonyl (C=O) groups excluding carboxylic acids is 1. The molecule has 1 atom stereocenters. The molecule has 0 bridgehead atoms. The van der Waals surface area contributed by atoms with Crippen molar-refractivity contribution in [3.63, 3.8) is 0 Å². The van der Waals surface area contributed by atoms with Gasteiger partial charge >= 0.3 is 0 Å². The summed E-state index contributed by atoms with van der Waals surface area (Å²) in [4.78, 5) is 17.0. The van der Waals surface area contributed by atoms with Gasteiger partial charge in [-0.25, -0.2) is 0 Å². The highest BCUT2D eigenvalue weighted by Crippen LogP contribution is 2.27. The first-order valence-electron chi connectivity index (χ1n) is 11.6. The number of benzene rings is 1. The number of rotatable bonds is 14.